The molecule has 0 unspecified atom stereocenters. The number of morpholine rings is 1. The number of anilines is 5. The third-order valence-corrected chi connectivity index (χ3v) is 6.77. The summed E-state index contributed by atoms with van der Waals surface area (Å²) < 4.78 is 17.8. The van der Waals surface area contributed by atoms with Crippen molar-refractivity contribution in [3.63, 3.8) is 0 Å². The summed E-state index contributed by atoms with van der Waals surface area (Å²) in [6.45, 7) is 6.80. The Bertz CT molecular complexity index is 1100. The predicted octanol–water partition coefficient (Wildman–Crippen LogP) is 4.70. The van der Waals surface area contributed by atoms with E-state index in [-0.39, 0.29) is 0 Å². The summed E-state index contributed by atoms with van der Waals surface area (Å²) in [4.78, 5) is 11.1. The van der Waals surface area contributed by atoms with Gasteiger partial charge in [0.25, 0.3) is 0 Å². The molecular formula is C22H25ClN5O2P. The monoisotopic (exact) mass is 457 g/mol. The summed E-state index contributed by atoms with van der Waals surface area (Å²) >= 11 is 6.30. The van der Waals surface area contributed by atoms with Crippen LogP contribution in [-0.2, 0) is 9.30 Å². The largest absolute Gasteiger partial charge is 0.378 e. The summed E-state index contributed by atoms with van der Waals surface area (Å²) in [7, 11) is -2.36. The van der Waals surface area contributed by atoms with E-state index in [1.165, 1.54) is 0 Å². The van der Waals surface area contributed by atoms with Crippen molar-refractivity contribution in [1.29, 1.82) is 0 Å². The van der Waals surface area contributed by atoms with E-state index in [1.54, 1.807) is 19.5 Å². The highest BCUT2D eigenvalue weighted by Gasteiger charge is 2.13. The number of nitrogens with one attached hydrogen (secondary N) is 2. The number of benzene rings is 2. The van der Waals surface area contributed by atoms with Crippen molar-refractivity contribution in [2.24, 2.45) is 0 Å². The third-order valence-electron chi connectivity index (χ3n) is 4.97. The van der Waals surface area contributed by atoms with E-state index in [9.17, 15) is 4.57 Å². The fraction of sp³-hybridized carbons (Fsp3) is 0.273. The molecule has 3 aromatic rings. The van der Waals surface area contributed by atoms with Crippen molar-refractivity contribution in [1.82, 2.24) is 9.97 Å². The van der Waals surface area contributed by atoms with Crippen molar-refractivity contribution in [2.75, 3.05) is 55.2 Å². The molecule has 0 aliphatic carbocycles. The van der Waals surface area contributed by atoms with E-state index < -0.39 is 7.14 Å². The Hall–Kier alpha value is -2.60. The highest BCUT2D eigenvalue weighted by atomic mass is 35.5. The molecule has 1 saturated heterocycles. The molecule has 1 aromatic heterocycles. The van der Waals surface area contributed by atoms with Gasteiger partial charge in [0, 0.05) is 35.5 Å². The second kappa shape index (κ2) is 9.27. The standard InChI is InChI=1S/C22H25ClN5O2P/c1-31(2,29)19-5-3-4-17(14-19)25-21-20(23)15-24-22(27-21)26-16-6-8-18(9-7-16)28-10-12-30-13-11-28/h3-9,14-15H,10-13H2,1-2H3,(H2,24,25,26,27). The third kappa shape index (κ3) is 5.56. The summed E-state index contributed by atoms with van der Waals surface area (Å²) in [6, 6.07) is 15.6. The maximum absolute atomic E-state index is 12.4. The van der Waals surface area contributed by atoms with E-state index in [4.69, 9.17) is 16.3 Å². The first-order chi connectivity index (χ1) is 14.9. The molecule has 1 aliphatic rings. The predicted molar refractivity (Wildman–Crippen MR) is 129 cm³/mol. The van der Waals surface area contributed by atoms with Crippen LogP contribution in [0.3, 0.4) is 0 Å². The average molecular weight is 458 g/mol. The topological polar surface area (TPSA) is 79.4 Å². The van der Waals surface area contributed by atoms with Gasteiger partial charge >= 0.3 is 0 Å². The first-order valence-electron chi connectivity index (χ1n) is 10.0. The van der Waals surface area contributed by atoms with Crippen molar-refractivity contribution >= 4 is 52.9 Å². The lowest BCUT2D eigenvalue weighted by Gasteiger charge is -2.28. The van der Waals surface area contributed by atoms with Crippen LogP contribution in [0.2, 0.25) is 5.02 Å². The van der Waals surface area contributed by atoms with E-state index >= 15 is 0 Å². The summed E-state index contributed by atoms with van der Waals surface area (Å²) in [5.74, 6) is 0.905. The molecule has 7 nitrogen and oxygen atoms in total. The van der Waals surface area contributed by atoms with Crippen LogP contribution in [0.5, 0.6) is 0 Å². The van der Waals surface area contributed by atoms with Gasteiger partial charge in [-0.25, -0.2) is 4.98 Å². The minimum absolute atomic E-state index is 0.398. The lowest BCUT2D eigenvalue weighted by molar-refractivity contribution is 0.122. The molecule has 2 N–H and O–H groups in total. The highest BCUT2D eigenvalue weighted by Crippen LogP contribution is 2.35. The molecule has 0 saturated carbocycles. The van der Waals surface area contributed by atoms with Crippen molar-refractivity contribution in [2.45, 2.75) is 0 Å². The normalized spacial score (nSPS) is 14.4. The number of halogens is 1. The number of nitrogens with zero attached hydrogens (tertiary/aromatic N) is 3. The Morgan fingerprint density at radius 1 is 1.03 bits per heavy atom. The summed E-state index contributed by atoms with van der Waals surface area (Å²) in [5, 5.41) is 7.61. The maximum Gasteiger partial charge on any atom is 0.229 e. The molecule has 0 radical (unpaired) electrons. The number of ether oxygens (including phenoxy) is 1. The van der Waals surface area contributed by atoms with Gasteiger partial charge in [-0.05, 0) is 49.7 Å². The lowest BCUT2D eigenvalue weighted by Crippen LogP contribution is -2.36. The number of hydrogen-bond donors (Lipinski definition) is 2. The van der Waals surface area contributed by atoms with Crippen LogP contribution in [0.4, 0.5) is 28.8 Å². The minimum atomic E-state index is -2.36. The minimum Gasteiger partial charge on any atom is -0.378 e. The Morgan fingerprint density at radius 2 is 1.77 bits per heavy atom. The summed E-state index contributed by atoms with van der Waals surface area (Å²) in [6.07, 6.45) is 1.55. The van der Waals surface area contributed by atoms with Crippen LogP contribution >= 0.6 is 18.7 Å². The van der Waals surface area contributed by atoms with Gasteiger partial charge in [-0.1, -0.05) is 23.7 Å². The van der Waals surface area contributed by atoms with Crippen LogP contribution in [0.1, 0.15) is 0 Å². The molecule has 0 spiro atoms. The molecule has 2 heterocycles. The smallest absolute Gasteiger partial charge is 0.229 e. The summed E-state index contributed by atoms with van der Waals surface area (Å²) in [5.41, 5.74) is 2.81. The molecule has 4 rings (SSSR count). The lowest BCUT2D eigenvalue weighted by atomic mass is 10.2. The Balaban J connectivity index is 1.48. The van der Waals surface area contributed by atoms with Crippen LogP contribution in [0.25, 0.3) is 0 Å². The number of aromatic nitrogens is 2. The second-order valence-corrected chi connectivity index (χ2v) is 11.3. The molecule has 0 atom stereocenters. The SMILES string of the molecule is CP(C)(=O)c1cccc(Nc2nc(Nc3ccc(N4CCOCC4)cc3)ncc2Cl)c1. The maximum atomic E-state index is 12.4. The zero-order valence-electron chi connectivity index (χ0n) is 17.5. The average Bonchev–Trinajstić information content (AvgIpc) is 2.77. The van der Waals surface area contributed by atoms with E-state index in [0.717, 1.165) is 48.7 Å². The van der Waals surface area contributed by atoms with Crippen molar-refractivity contribution < 1.29 is 9.30 Å². The quantitative estimate of drug-likeness (QED) is 0.519. The van der Waals surface area contributed by atoms with Gasteiger partial charge in [-0.2, -0.15) is 4.98 Å². The zero-order valence-corrected chi connectivity index (χ0v) is 19.2. The fourth-order valence-corrected chi connectivity index (χ4v) is 4.31. The molecule has 1 fully saturated rings. The van der Waals surface area contributed by atoms with Gasteiger partial charge in [-0.15, -0.1) is 0 Å². The van der Waals surface area contributed by atoms with Gasteiger partial charge in [0.05, 0.1) is 19.4 Å². The molecular weight excluding hydrogens is 433 g/mol. The molecule has 2 aromatic carbocycles. The Morgan fingerprint density at radius 3 is 2.48 bits per heavy atom. The van der Waals surface area contributed by atoms with Crippen molar-refractivity contribution in [3.05, 3.63) is 59.8 Å². The first-order valence-corrected chi connectivity index (χ1v) is 13.0. The molecule has 31 heavy (non-hydrogen) atoms. The molecule has 162 valence electrons. The van der Waals surface area contributed by atoms with Gasteiger partial charge < -0.3 is 24.8 Å². The first kappa shape index (κ1) is 21.6. The van der Waals surface area contributed by atoms with Crippen molar-refractivity contribution in [3.8, 4) is 0 Å². The van der Waals surface area contributed by atoms with Gasteiger partial charge in [0.2, 0.25) is 5.95 Å². The number of rotatable bonds is 6. The van der Waals surface area contributed by atoms with Crippen LogP contribution < -0.4 is 20.8 Å². The van der Waals surface area contributed by atoms with E-state index in [1.807, 2.05) is 36.4 Å². The fourth-order valence-electron chi connectivity index (χ4n) is 3.28. The molecule has 1 aliphatic heterocycles. The van der Waals surface area contributed by atoms with Crippen LogP contribution in [0.15, 0.2) is 54.7 Å². The van der Waals surface area contributed by atoms with Gasteiger partial charge in [-0.3, -0.25) is 0 Å². The van der Waals surface area contributed by atoms with Gasteiger partial charge in [0.15, 0.2) is 5.82 Å². The Labute approximate surface area is 187 Å². The second-order valence-electron chi connectivity index (χ2n) is 7.69. The van der Waals surface area contributed by atoms with E-state index in [2.05, 4.69) is 37.6 Å². The molecule has 0 amide bonds. The van der Waals surface area contributed by atoms with E-state index in [0.29, 0.717) is 16.8 Å². The van der Waals surface area contributed by atoms with Gasteiger partial charge in [0.1, 0.15) is 12.2 Å². The molecule has 9 heteroatoms. The van der Waals surface area contributed by atoms with Crippen LogP contribution in [-0.4, -0.2) is 49.6 Å². The molecule has 0 bridgehead atoms. The zero-order chi connectivity index (χ0) is 21.8. The van der Waals surface area contributed by atoms with Crippen LogP contribution in [0, 0.1) is 0 Å². The number of hydrogen-bond acceptors (Lipinski definition) is 7. The highest BCUT2D eigenvalue weighted by molar-refractivity contribution is 7.70. The Kier molecular flexibility index (Phi) is 6.46.